The minimum absolute atomic E-state index is 0.123. The highest BCUT2D eigenvalue weighted by atomic mass is 35.5. The molecule has 2 aliphatic heterocycles. The number of anilines is 2. The van der Waals surface area contributed by atoms with E-state index in [2.05, 4.69) is 16.0 Å². The standard InChI is InChI=1S/C26H27ClF5N5O3S/c1-14-12-36(7-6-26(30,31)32)8-9-37(14)20-10-16(27)3-5-18(20)34-23(38)17-4-2-15(21(28)22(17)29)11-33-24(39)19-13-41-25(40)35-19/h2-5,10,14,19H,6-9,11-13H2,1H3,(H,33,39)(H,34,38)(H,35,40)/t14-,19-/m1/s1. The van der Waals surface area contributed by atoms with Crippen LogP contribution in [0.5, 0.6) is 0 Å². The molecule has 0 aromatic heterocycles. The molecule has 4 rings (SSSR count). The van der Waals surface area contributed by atoms with Crippen molar-refractivity contribution in [3.8, 4) is 0 Å². The van der Waals surface area contributed by atoms with Crippen LogP contribution in [0.3, 0.4) is 0 Å². The number of amides is 3. The summed E-state index contributed by atoms with van der Waals surface area (Å²) in [6.07, 6.45) is -5.16. The van der Waals surface area contributed by atoms with Crippen LogP contribution in [-0.2, 0) is 11.3 Å². The number of nitrogens with zero attached hydrogens (tertiary/aromatic N) is 2. The van der Waals surface area contributed by atoms with Gasteiger partial charge in [0.1, 0.15) is 6.04 Å². The molecule has 2 atom stereocenters. The number of rotatable bonds is 8. The summed E-state index contributed by atoms with van der Waals surface area (Å²) in [4.78, 5) is 40.0. The van der Waals surface area contributed by atoms with Gasteiger partial charge in [-0.2, -0.15) is 13.2 Å². The monoisotopic (exact) mass is 619 g/mol. The Morgan fingerprint density at radius 3 is 2.56 bits per heavy atom. The van der Waals surface area contributed by atoms with Gasteiger partial charge >= 0.3 is 6.18 Å². The van der Waals surface area contributed by atoms with Gasteiger partial charge in [0.15, 0.2) is 11.6 Å². The summed E-state index contributed by atoms with van der Waals surface area (Å²) in [5, 5.41) is 7.47. The van der Waals surface area contributed by atoms with Gasteiger partial charge in [0.05, 0.1) is 23.4 Å². The highest BCUT2D eigenvalue weighted by Gasteiger charge is 2.32. The molecule has 15 heteroatoms. The van der Waals surface area contributed by atoms with E-state index in [1.807, 2.05) is 11.8 Å². The number of thioether (sulfide) groups is 1. The number of hydrogen-bond acceptors (Lipinski definition) is 6. The average Bonchev–Trinajstić information content (AvgIpc) is 3.35. The van der Waals surface area contributed by atoms with E-state index in [1.165, 1.54) is 18.2 Å². The zero-order valence-electron chi connectivity index (χ0n) is 21.8. The van der Waals surface area contributed by atoms with Gasteiger partial charge in [-0.3, -0.25) is 19.3 Å². The molecule has 2 aromatic carbocycles. The summed E-state index contributed by atoms with van der Waals surface area (Å²) >= 11 is 7.13. The van der Waals surface area contributed by atoms with Gasteiger partial charge in [-0.05, 0) is 31.2 Å². The number of benzene rings is 2. The topological polar surface area (TPSA) is 93.8 Å². The van der Waals surface area contributed by atoms with Gasteiger partial charge in [0.2, 0.25) is 5.91 Å². The molecule has 0 spiro atoms. The Morgan fingerprint density at radius 2 is 1.90 bits per heavy atom. The Morgan fingerprint density at radius 1 is 1.15 bits per heavy atom. The number of halogens is 6. The Kier molecular flexibility index (Phi) is 9.65. The predicted molar refractivity (Wildman–Crippen MR) is 146 cm³/mol. The van der Waals surface area contributed by atoms with Crippen molar-refractivity contribution in [1.29, 1.82) is 0 Å². The minimum Gasteiger partial charge on any atom is -0.365 e. The Bertz CT molecular complexity index is 1330. The van der Waals surface area contributed by atoms with Crippen molar-refractivity contribution in [1.82, 2.24) is 15.5 Å². The van der Waals surface area contributed by atoms with E-state index in [0.29, 0.717) is 30.3 Å². The molecule has 2 saturated heterocycles. The lowest BCUT2D eigenvalue weighted by atomic mass is 10.1. The normalized spacial score (nSPS) is 19.7. The number of nitrogens with one attached hydrogen (secondary N) is 3. The third kappa shape index (κ3) is 7.80. The lowest BCUT2D eigenvalue weighted by Gasteiger charge is -2.42. The van der Waals surface area contributed by atoms with Crippen molar-refractivity contribution in [2.75, 3.05) is 42.1 Å². The Hall–Kier alpha value is -3.10. The van der Waals surface area contributed by atoms with Crippen molar-refractivity contribution in [2.45, 2.75) is 38.1 Å². The second kappa shape index (κ2) is 12.8. The molecule has 2 fully saturated rings. The minimum atomic E-state index is -4.25. The molecule has 222 valence electrons. The summed E-state index contributed by atoms with van der Waals surface area (Å²) in [6.45, 7) is 2.41. The highest BCUT2D eigenvalue weighted by molar-refractivity contribution is 8.14. The summed E-state index contributed by atoms with van der Waals surface area (Å²) in [5.41, 5.74) is 0.00514. The number of carbonyl (C=O) groups is 3. The lowest BCUT2D eigenvalue weighted by molar-refractivity contribution is -0.138. The molecule has 2 heterocycles. The predicted octanol–water partition coefficient (Wildman–Crippen LogP) is 4.77. The molecule has 3 amide bonds. The first-order valence-corrected chi connectivity index (χ1v) is 14.0. The van der Waals surface area contributed by atoms with Crippen LogP contribution in [-0.4, -0.2) is 72.1 Å². The van der Waals surface area contributed by atoms with E-state index in [4.69, 9.17) is 11.6 Å². The van der Waals surface area contributed by atoms with Gasteiger partial charge < -0.3 is 20.9 Å². The van der Waals surface area contributed by atoms with Crippen molar-refractivity contribution in [2.24, 2.45) is 0 Å². The molecule has 3 N–H and O–H groups in total. The molecule has 0 bridgehead atoms. The molecule has 41 heavy (non-hydrogen) atoms. The zero-order valence-corrected chi connectivity index (χ0v) is 23.4. The maximum Gasteiger partial charge on any atom is 0.390 e. The quantitative estimate of drug-likeness (QED) is 0.369. The molecule has 2 aromatic rings. The summed E-state index contributed by atoms with van der Waals surface area (Å²) in [5.74, 6) is -3.96. The fourth-order valence-corrected chi connectivity index (χ4v) is 5.59. The lowest BCUT2D eigenvalue weighted by Crippen LogP contribution is -2.52. The fourth-order valence-electron chi connectivity index (χ4n) is 4.65. The van der Waals surface area contributed by atoms with Crippen LogP contribution in [0.1, 0.15) is 29.3 Å². The highest BCUT2D eigenvalue weighted by Crippen LogP contribution is 2.33. The second-order valence-electron chi connectivity index (χ2n) is 9.74. The first-order chi connectivity index (χ1) is 19.3. The molecular weight excluding hydrogens is 593 g/mol. The largest absolute Gasteiger partial charge is 0.390 e. The second-order valence-corrected chi connectivity index (χ2v) is 11.2. The van der Waals surface area contributed by atoms with Crippen LogP contribution in [0.2, 0.25) is 5.02 Å². The average molecular weight is 620 g/mol. The van der Waals surface area contributed by atoms with Gasteiger partial charge in [0, 0.05) is 55.1 Å². The van der Waals surface area contributed by atoms with Crippen molar-refractivity contribution < 1.29 is 36.3 Å². The van der Waals surface area contributed by atoms with E-state index in [0.717, 1.165) is 17.8 Å². The summed E-state index contributed by atoms with van der Waals surface area (Å²) in [6, 6.07) is 5.89. The van der Waals surface area contributed by atoms with E-state index in [9.17, 15) is 36.3 Å². The Labute approximate surface area is 241 Å². The van der Waals surface area contributed by atoms with Crippen LogP contribution in [0, 0.1) is 11.6 Å². The fraction of sp³-hybridized carbons (Fsp3) is 0.423. The molecule has 2 aliphatic rings. The number of carbonyl (C=O) groups excluding carboxylic acids is 3. The maximum absolute atomic E-state index is 14.9. The van der Waals surface area contributed by atoms with Crippen molar-refractivity contribution in [3.63, 3.8) is 0 Å². The first-order valence-electron chi connectivity index (χ1n) is 12.7. The summed E-state index contributed by atoms with van der Waals surface area (Å²) in [7, 11) is 0. The van der Waals surface area contributed by atoms with Crippen molar-refractivity contribution >= 4 is 51.8 Å². The number of alkyl halides is 3. The number of hydrogen-bond donors (Lipinski definition) is 3. The molecule has 8 nitrogen and oxygen atoms in total. The van der Waals surface area contributed by atoms with Crippen molar-refractivity contribution in [3.05, 3.63) is 58.1 Å². The van der Waals surface area contributed by atoms with E-state index >= 15 is 0 Å². The van der Waals surface area contributed by atoms with Crippen LogP contribution in [0.4, 0.5) is 38.1 Å². The van der Waals surface area contributed by atoms with Crippen LogP contribution in [0.15, 0.2) is 30.3 Å². The van der Waals surface area contributed by atoms with Crippen LogP contribution in [0.25, 0.3) is 0 Å². The van der Waals surface area contributed by atoms with Gasteiger partial charge in [-0.25, -0.2) is 8.78 Å². The zero-order chi connectivity index (χ0) is 29.9. The first kappa shape index (κ1) is 30.8. The SMILES string of the molecule is C[C@@H]1CN(CCC(F)(F)F)CCN1c1cc(Cl)ccc1NC(=O)c1ccc(CNC(=O)[C@H]2CSC(=O)N2)c(F)c1F. The molecule has 0 aliphatic carbocycles. The number of piperazine rings is 1. The molecule has 0 saturated carbocycles. The van der Waals surface area contributed by atoms with E-state index in [-0.39, 0.29) is 41.4 Å². The summed E-state index contributed by atoms with van der Waals surface area (Å²) < 4.78 is 67.7. The van der Waals surface area contributed by atoms with E-state index < -0.39 is 47.7 Å². The maximum atomic E-state index is 14.9. The molecular formula is C26H27ClF5N5O3S. The third-order valence-electron chi connectivity index (χ3n) is 6.79. The van der Waals surface area contributed by atoms with Gasteiger partial charge in [-0.15, -0.1) is 0 Å². The van der Waals surface area contributed by atoms with Gasteiger partial charge in [0.25, 0.3) is 11.1 Å². The molecule has 0 unspecified atom stereocenters. The smallest absolute Gasteiger partial charge is 0.365 e. The molecule has 0 radical (unpaired) electrons. The van der Waals surface area contributed by atoms with Crippen LogP contribution < -0.4 is 20.9 Å². The third-order valence-corrected chi connectivity index (χ3v) is 7.91. The van der Waals surface area contributed by atoms with E-state index in [1.54, 1.807) is 11.0 Å². The van der Waals surface area contributed by atoms with Gasteiger partial charge in [-0.1, -0.05) is 29.4 Å². The van der Waals surface area contributed by atoms with Crippen LogP contribution >= 0.6 is 23.4 Å². The Balaban J connectivity index is 1.44.